The highest BCUT2D eigenvalue weighted by atomic mass is 19.1. The van der Waals surface area contributed by atoms with Gasteiger partial charge in [0.05, 0.1) is 17.7 Å². The molecule has 12 heteroatoms. The summed E-state index contributed by atoms with van der Waals surface area (Å²) in [7, 11) is 0. The Bertz CT molecular complexity index is 1840. The van der Waals surface area contributed by atoms with E-state index in [1.807, 2.05) is 4.90 Å². The summed E-state index contributed by atoms with van der Waals surface area (Å²) in [5, 5.41) is 22.8. The Morgan fingerprint density at radius 1 is 1.11 bits per heavy atom. The van der Waals surface area contributed by atoms with E-state index in [-0.39, 0.29) is 53.0 Å². The van der Waals surface area contributed by atoms with Crippen molar-refractivity contribution in [3.63, 3.8) is 0 Å². The Hall–Kier alpha value is -3.90. The lowest BCUT2D eigenvalue weighted by Gasteiger charge is -2.38. The fourth-order valence-corrected chi connectivity index (χ4v) is 8.00. The van der Waals surface area contributed by atoms with Crippen LogP contribution in [-0.2, 0) is 6.42 Å². The minimum atomic E-state index is -0.938. The summed E-state index contributed by atoms with van der Waals surface area (Å²) in [6, 6.07) is 5.22. The van der Waals surface area contributed by atoms with Crippen molar-refractivity contribution in [2.75, 3.05) is 37.7 Å². The average Bonchev–Trinajstić information content (AvgIpc) is 3.49. The fraction of sp³-hybridized carbons (Fsp3) is 0.485. The van der Waals surface area contributed by atoms with Gasteiger partial charge in [0.2, 0.25) is 5.88 Å². The molecular formula is C33H34F3N5O4. The van der Waals surface area contributed by atoms with E-state index < -0.39 is 35.5 Å². The summed E-state index contributed by atoms with van der Waals surface area (Å²) in [5.74, 6) is -0.949. The number of ether oxygens (including phenoxy) is 2. The number of halogens is 3. The van der Waals surface area contributed by atoms with Crippen molar-refractivity contribution in [1.82, 2.24) is 19.9 Å². The second-order valence-corrected chi connectivity index (χ2v) is 12.7. The second-order valence-electron chi connectivity index (χ2n) is 12.7. The molecule has 8 rings (SSSR count). The number of hydrogen-bond acceptors (Lipinski definition) is 9. The molecule has 3 fully saturated rings. The Labute approximate surface area is 257 Å². The van der Waals surface area contributed by atoms with Crippen LogP contribution in [0.5, 0.6) is 17.6 Å². The third-order valence-corrected chi connectivity index (χ3v) is 10.1. The van der Waals surface area contributed by atoms with Gasteiger partial charge in [-0.15, -0.1) is 0 Å². The van der Waals surface area contributed by atoms with E-state index in [1.54, 1.807) is 13.0 Å². The van der Waals surface area contributed by atoms with E-state index in [0.717, 1.165) is 19.4 Å². The number of nitrogens with zero attached hydrogens (tertiary/aromatic N) is 5. The molecule has 236 valence electrons. The van der Waals surface area contributed by atoms with E-state index >= 15 is 8.78 Å². The topological polar surface area (TPSA) is 104 Å². The Balaban J connectivity index is 1.33. The normalized spacial score (nSPS) is 26.2. The Morgan fingerprint density at radius 2 is 1.98 bits per heavy atom. The van der Waals surface area contributed by atoms with Gasteiger partial charge in [-0.2, -0.15) is 9.97 Å². The molecule has 0 radical (unpaired) electrons. The number of aromatic nitrogens is 3. The zero-order valence-corrected chi connectivity index (χ0v) is 24.9. The number of aliphatic hydroxyl groups excluding tert-OH is 1. The molecule has 4 aliphatic heterocycles. The summed E-state index contributed by atoms with van der Waals surface area (Å²) in [4.78, 5) is 17.9. The van der Waals surface area contributed by atoms with Crippen molar-refractivity contribution in [3.8, 4) is 28.9 Å². The number of phenolic OH excluding ortho intramolecular Hbond substituents is 1. The summed E-state index contributed by atoms with van der Waals surface area (Å²) in [6.45, 7) is 3.75. The van der Waals surface area contributed by atoms with Crippen LogP contribution < -0.4 is 14.4 Å². The van der Waals surface area contributed by atoms with Gasteiger partial charge in [0.1, 0.15) is 53.4 Å². The number of piperidine rings is 1. The van der Waals surface area contributed by atoms with Gasteiger partial charge in [0.15, 0.2) is 5.82 Å². The van der Waals surface area contributed by atoms with Gasteiger partial charge in [0, 0.05) is 25.1 Å². The summed E-state index contributed by atoms with van der Waals surface area (Å²) in [5.41, 5.74) is -0.159. The molecule has 0 aliphatic carbocycles. The maximum atomic E-state index is 16.9. The molecule has 9 nitrogen and oxygen atoms in total. The number of anilines is 1. The maximum absolute atomic E-state index is 16.9. The lowest BCUT2D eigenvalue weighted by Crippen LogP contribution is -2.51. The maximum Gasteiger partial charge on any atom is 0.319 e. The molecule has 0 bridgehead atoms. The fourth-order valence-electron chi connectivity index (χ4n) is 8.00. The molecule has 4 aromatic rings. The van der Waals surface area contributed by atoms with Crippen molar-refractivity contribution in [3.05, 3.63) is 41.5 Å². The van der Waals surface area contributed by atoms with Crippen LogP contribution in [0.3, 0.4) is 0 Å². The summed E-state index contributed by atoms with van der Waals surface area (Å²) >= 11 is 0. The van der Waals surface area contributed by atoms with Crippen molar-refractivity contribution in [1.29, 1.82) is 0 Å². The number of phenols is 1. The van der Waals surface area contributed by atoms with E-state index in [2.05, 4.69) is 14.9 Å². The average molecular weight is 622 g/mol. The summed E-state index contributed by atoms with van der Waals surface area (Å²) in [6.07, 6.45) is 2.04. The highest BCUT2D eigenvalue weighted by Crippen LogP contribution is 2.45. The molecule has 0 unspecified atom stereocenters. The van der Waals surface area contributed by atoms with Crippen molar-refractivity contribution in [2.45, 2.75) is 69.3 Å². The third kappa shape index (κ3) is 4.47. The van der Waals surface area contributed by atoms with Crippen molar-refractivity contribution < 1.29 is 32.9 Å². The monoisotopic (exact) mass is 621 g/mol. The smallest absolute Gasteiger partial charge is 0.319 e. The van der Waals surface area contributed by atoms with Crippen molar-refractivity contribution in [2.24, 2.45) is 0 Å². The summed E-state index contributed by atoms with van der Waals surface area (Å²) < 4.78 is 58.8. The first-order valence-electron chi connectivity index (χ1n) is 15.7. The third-order valence-electron chi connectivity index (χ3n) is 10.1. The zero-order valence-electron chi connectivity index (χ0n) is 24.9. The lowest BCUT2D eigenvalue weighted by atomic mass is 9.94. The number of alkyl halides is 1. The Morgan fingerprint density at radius 3 is 2.82 bits per heavy atom. The first-order valence-corrected chi connectivity index (χ1v) is 15.7. The van der Waals surface area contributed by atoms with Crippen LogP contribution in [-0.4, -0.2) is 86.8 Å². The first kappa shape index (κ1) is 28.6. The number of aryl methyl sites for hydroxylation is 1. The molecule has 2 aromatic heterocycles. The van der Waals surface area contributed by atoms with Crippen LogP contribution in [0.4, 0.5) is 19.0 Å². The Kier molecular flexibility index (Phi) is 6.72. The number of fused-ring (bicyclic) bond motifs is 4. The molecule has 4 atom stereocenters. The SMILES string of the molecule is CCc1c(F)ccc2cc(O)cc(-c3nc4c5c(nc(OC[C@@]67CCCN6C[C@H](F)C7)nc5c3F)N3CCC[C@@H](O)[C@H]3CO4)c12. The van der Waals surface area contributed by atoms with Crippen LogP contribution in [0, 0.1) is 11.6 Å². The number of hydrogen-bond donors (Lipinski definition) is 2. The van der Waals surface area contributed by atoms with Crippen molar-refractivity contribution >= 4 is 27.5 Å². The van der Waals surface area contributed by atoms with Gasteiger partial charge in [-0.1, -0.05) is 13.0 Å². The minimum absolute atomic E-state index is 0.0650. The van der Waals surface area contributed by atoms with Gasteiger partial charge in [-0.05, 0) is 73.2 Å². The number of aliphatic hydroxyl groups is 1. The largest absolute Gasteiger partial charge is 0.508 e. The molecular weight excluding hydrogens is 587 g/mol. The molecule has 4 aliphatic rings. The zero-order chi connectivity index (χ0) is 31.0. The van der Waals surface area contributed by atoms with Crippen LogP contribution in [0.15, 0.2) is 24.3 Å². The number of benzene rings is 2. The number of rotatable bonds is 5. The highest BCUT2D eigenvalue weighted by Gasteiger charge is 2.49. The van der Waals surface area contributed by atoms with Crippen LogP contribution >= 0.6 is 0 Å². The number of pyridine rings is 1. The van der Waals surface area contributed by atoms with E-state index in [0.29, 0.717) is 60.9 Å². The molecule has 45 heavy (non-hydrogen) atoms. The predicted octanol–water partition coefficient (Wildman–Crippen LogP) is 5.07. The van der Waals surface area contributed by atoms with Gasteiger partial charge in [-0.3, -0.25) is 4.90 Å². The molecule has 0 saturated carbocycles. The van der Waals surface area contributed by atoms with Crippen LogP contribution in [0.1, 0.15) is 44.6 Å². The lowest BCUT2D eigenvalue weighted by molar-refractivity contribution is 0.0875. The van der Waals surface area contributed by atoms with Gasteiger partial charge < -0.3 is 24.6 Å². The van der Waals surface area contributed by atoms with E-state index in [1.165, 1.54) is 18.2 Å². The van der Waals surface area contributed by atoms with Crippen LogP contribution in [0.25, 0.3) is 32.9 Å². The van der Waals surface area contributed by atoms with Gasteiger partial charge in [0.25, 0.3) is 0 Å². The van der Waals surface area contributed by atoms with Crippen LogP contribution in [0.2, 0.25) is 0 Å². The molecule has 6 heterocycles. The standard InChI is InChI=1S/C33H34F3N5O4/c1-2-20-22(35)7-6-17-11-19(42)12-21(25(17)20)28-27(36)29-26-30(41-10-3-5-24(43)23(41)15-44-31(26)37-28)39-32(38-29)45-16-33-8-4-9-40(33)14-18(34)13-33/h6-7,11-12,18,23-24,42-43H,2-5,8-10,13-16H2,1H3/t18-,23-,24-,33+/m1/s1. The predicted molar refractivity (Wildman–Crippen MR) is 162 cm³/mol. The molecule has 0 spiro atoms. The second kappa shape index (κ2) is 10.6. The molecule has 3 saturated heterocycles. The highest BCUT2D eigenvalue weighted by molar-refractivity contribution is 6.03. The van der Waals surface area contributed by atoms with E-state index in [4.69, 9.17) is 14.5 Å². The van der Waals surface area contributed by atoms with Gasteiger partial charge in [-0.25, -0.2) is 18.2 Å². The minimum Gasteiger partial charge on any atom is -0.508 e. The van der Waals surface area contributed by atoms with Gasteiger partial charge >= 0.3 is 6.01 Å². The quantitative estimate of drug-likeness (QED) is 0.316. The number of aromatic hydroxyl groups is 1. The van der Waals surface area contributed by atoms with E-state index in [9.17, 15) is 14.6 Å². The molecule has 2 aromatic carbocycles. The first-order chi connectivity index (χ1) is 21.8. The molecule has 0 amide bonds. The molecule has 2 N–H and O–H groups in total.